The van der Waals surface area contributed by atoms with Gasteiger partial charge in [0.25, 0.3) is 0 Å². The highest BCUT2D eigenvalue weighted by Crippen LogP contribution is 2.32. The summed E-state index contributed by atoms with van der Waals surface area (Å²) < 4.78 is 0. The molecule has 0 spiro atoms. The monoisotopic (exact) mass is 398 g/mol. The van der Waals surface area contributed by atoms with Crippen molar-refractivity contribution in [2.45, 2.75) is 6.92 Å². The molecule has 0 fully saturated rings. The van der Waals surface area contributed by atoms with Gasteiger partial charge in [0.1, 0.15) is 0 Å². The quantitative estimate of drug-likeness (QED) is 0.377. The van der Waals surface area contributed by atoms with E-state index in [2.05, 4.69) is 122 Å². The minimum Gasteiger partial charge on any atom is -0.0623 e. The van der Waals surface area contributed by atoms with Crippen LogP contribution in [0.15, 0.2) is 115 Å². The summed E-state index contributed by atoms with van der Waals surface area (Å²) in [6, 6.07) is 43.1. The molecule has 142 valence electrons. The number of hydrogen-bond acceptors (Lipinski definition) is 0. The first-order chi connectivity index (χ1) is 14.8. The van der Waals surface area contributed by atoms with Gasteiger partial charge in [-0.3, -0.25) is 0 Å². The largest absolute Gasteiger partial charge is 0.180 e. The fourth-order valence-electron chi connectivity index (χ4n) is 5.29. The van der Waals surface area contributed by atoms with Gasteiger partial charge in [0.15, 0.2) is 8.07 Å². The van der Waals surface area contributed by atoms with Gasteiger partial charge in [0, 0.05) is 0 Å². The summed E-state index contributed by atoms with van der Waals surface area (Å²) in [7, 11) is -2.37. The molecule has 0 amide bonds. The molecule has 30 heavy (non-hydrogen) atoms. The van der Waals surface area contributed by atoms with Crippen LogP contribution in [0, 0.1) is 6.92 Å². The van der Waals surface area contributed by atoms with Crippen molar-refractivity contribution < 1.29 is 0 Å². The molecule has 0 saturated heterocycles. The van der Waals surface area contributed by atoms with E-state index in [0.29, 0.717) is 0 Å². The fraction of sp³-hybridized carbons (Fsp3) is 0.0345. The predicted molar refractivity (Wildman–Crippen MR) is 131 cm³/mol. The first-order valence-corrected chi connectivity index (χ1v) is 12.5. The Kier molecular flexibility index (Phi) is 3.81. The predicted octanol–water partition coefficient (Wildman–Crippen LogP) is 4.51. The molecule has 0 atom stereocenters. The van der Waals surface area contributed by atoms with Crippen LogP contribution in [0.25, 0.3) is 21.9 Å². The maximum Gasteiger partial charge on any atom is 0.180 e. The average Bonchev–Trinajstić information content (AvgIpc) is 3.08. The summed E-state index contributed by atoms with van der Waals surface area (Å²) in [5.74, 6) is 0. The van der Waals surface area contributed by atoms with Crippen molar-refractivity contribution in [2.24, 2.45) is 0 Å². The molecule has 0 saturated carbocycles. The van der Waals surface area contributed by atoms with Crippen LogP contribution in [-0.2, 0) is 0 Å². The minimum atomic E-state index is -2.37. The SMILES string of the molecule is Cc1ccc2c(c1)[Si](c1ccccc1)(c1ccccc1)c1cc3ccccc3cc1-2. The van der Waals surface area contributed by atoms with Gasteiger partial charge < -0.3 is 0 Å². The zero-order chi connectivity index (χ0) is 20.1. The number of rotatable bonds is 2. The Bertz CT molecular complexity index is 1350. The third-order valence-electron chi connectivity index (χ3n) is 6.57. The van der Waals surface area contributed by atoms with Crippen LogP contribution in [0.1, 0.15) is 5.56 Å². The van der Waals surface area contributed by atoms with Gasteiger partial charge in [-0.15, -0.1) is 0 Å². The molecule has 5 aromatic carbocycles. The standard InChI is InChI=1S/C29H22Si/c1-21-16-17-26-27-19-22-10-8-9-11-23(22)20-29(27)30(28(26)18-21,24-12-4-2-5-13-24)25-14-6-3-7-15-25/h2-20H,1H3. The Balaban J connectivity index is 1.84. The fourth-order valence-corrected chi connectivity index (χ4v) is 10.6. The third-order valence-corrected chi connectivity index (χ3v) is 11.4. The van der Waals surface area contributed by atoms with Crippen molar-refractivity contribution in [2.75, 3.05) is 0 Å². The molecular formula is C29H22Si. The molecule has 1 heterocycles. The first kappa shape index (κ1) is 17.4. The van der Waals surface area contributed by atoms with Crippen LogP contribution in [0.5, 0.6) is 0 Å². The second-order valence-electron chi connectivity index (χ2n) is 8.28. The van der Waals surface area contributed by atoms with Crippen molar-refractivity contribution in [1.29, 1.82) is 0 Å². The van der Waals surface area contributed by atoms with Crippen LogP contribution in [0.4, 0.5) is 0 Å². The molecule has 0 nitrogen and oxygen atoms in total. The highest BCUT2D eigenvalue weighted by molar-refractivity contribution is 7.22. The van der Waals surface area contributed by atoms with Gasteiger partial charge in [-0.25, -0.2) is 0 Å². The Labute approximate surface area is 178 Å². The highest BCUT2D eigenvalue weighted by atomic mass is 28.3. The van der Waals surface area contributed by atoms with Crippen molar-refractivity contribution in [3.8, 4) is 11.1 Å². The summed E-state index contributed by atoms with van der Waals surface area (Å²) in [5.41, 5.74) is 4.14. The van der Waals surface area contributed by atoms with Gasteiger partial charge in [0.2, 0.25) is 0 Å². The topological polar surface area (TPSA) is 0 Å². The molecule has 1 aliphatic heterocycles. The summed E-state index contributed by atoms with van der Waals surface area (Å²) >= 11 is 0. The Morgan fingerprint density at radius 3 is 1.63 bits per heavy atom. The second kappa shape index (κ2) is 6.55. The van der Waals surface area contributed by atoms with Crippen molar-refractivity contribution >= 4 is 39.6 Å². The maximum atomic E-state index is 2.48. The smallest absolute Gasteiger partial charge is 0.0623 e. The lowest BCUT2D eigenvalue weighted by Crippen LogP contribution is -2.72. The van der Waals surface area contributed by atoms with E-state index in [4.69, 9.17) is 0 Å². The van der Waals surface area contributed by atoms with Gasteiger partial charge in [-0.1, -0.05) is 115 Å². The number of benzene rings is 5. The molecule has 6 rings (SSSR count). The van der Waals surface area contributed by atoms with Crippen molar-refractivity contribution in [3.05, 3.63) is 121 Å². The normalized spacial score (nSPS) is 13.8. The van der Waals surface area contributed by atoms with Crippen LogP contribution in [-0.4, -0.2) is 8.07 Å². The summed E-state index contributed by atoms with van der Waals surface area (Å²) in [6.07, 6.45) is 0. The zero-order valence-electron chi connectivity index (χ0n) is 17.0. The molecule has 1 aliphatic rings. The summed E-state index contributed by atoms with van der Waals surface area (Å²) in [6.45, 7) is 2.22. The van der Waals surface area contributed by atoms with E-state index in [1.165, 1.54) is 48.2 Å². The molecule has 0 aromatic heterocycles. The lowest BCUT2D eigenvalue weighted by molar-refractivity contribution is 1.49. The molecule has 0 N–H and O–H groups in total. The number of fused-ring (bicyclic) bond motifs is 4. The molecular weight excluding hydrogens is 376 g/mol. The van der Waals surface area contributed by atoms with Crippen LogP contribution in [0.3, 0.4) is 0 Å². The van der Waals surface area contributed by atoms with Crippen LogP contribution in [0.2, 0.25) is 0 Å². The molecule has 0 aliphatic carbocycles. The van der Waals surface area contributed by atoms with E-state index in [-0.39, 0.29) is 0 Å². The Hall–Kier alpha value is -3.42. The molecule has 5 aromatic rings. The summed E-state index contributed by atoms with van der Waals surface area (Å²) in [5, 5.41) is 8.58. The number of hydrogen-bond donors (Lipinski definition) is 0. The molecule has 0 unspecified atom stereocenters. The van der Waals surface area contributed by atoms with E-state index in [9.17, 15) is 0 Å². The van der Waals surface area contributed by atoms with E-state index in [1.54, 1.807) is 0 Å². The van der Waals surface area contributed by atoms with Crippen molar-refractivity contribution in [1.82, 2.24) is 0 Å². The van der Waals surface area contributed by atoms with E-state index in [1.807, 2.05) is 0 Å². The lowest BCUT2D eigenvalue weighted by atomic mass is 10.0. The maximum absolute atomic E-state index is 2.48. The van der Waals surface area contributed by atoms with E-state index >= 15 is 0 Å². The molecule has 1 heteroatoms. The second-order valence-corrected chi connectivity index (χ2v) is 12.0. The molecule has 0 radical (unpaired) electrons. The average molecular weight is 399 g/mol. The zero-order valence-corrected chi connectivity index (χ0v) is 18.0. The van der Waals surface area contributed by atoms with Gasteiger partial charge in [0.05, 0.1) is 0 Å². The van der Waals surface area contributed by atoms with Gasteiger partial charge in [-0.2, -0.15) is 0 Å². The van der Waals surface area contributed by atoms with E-state index < -0.39 is 8.07 Å². The van der Waals surface area contributed by atoms with Crippen LogP contribution < -0.4 is 20.7 Å². The van der Waals surface area contributed by atoms with E-state index in [0.717, 1.165) is 0 Å². The number of aryl methyl sites for hydroxylation is 1. The molecule has 0 bridgehead atoms. The highest BCUT2D eigenvalue weighted by Gasteiger charge is 2.48. The van der Waals surface area contributed by atoms with Gasteiger partial charge >= 0.3 is 0 Å². The summed E-state index contributed by atoms with van der Waals surface area (Å²) in [4.78, 5) is 0. The minimum absolute atomic E-state index is 1.31. The first-order valence-electron chi connectivity index (χ1n) is 10.5. The van der Waals surface area contributed by atoms with Gasteiger partial charge in [-0.05, 0) is 55.6 Å². The third kappa shape index (κ3) is 2.33. The Morgan fingerprint density at radius 2 is 1.00 bits per heavy atom. The van der Waals surface area contributed by atoms with Crippen LogP contribution >= 0.6 is 0 Å². The van der Waals surface area contributed by atoms with Crippen molar-refractivity contribution in [3.63, 3.8) is 0 Å². The Morgan fingerprint density at radius 1 is 0.467 bits per heavy atom. The lowest BCUT2D eigenvalue weighted by Gasteiger charge is -2.31.